The maximum Gasteiger partial charge on any atom is 0.207 e. The summed E-state index contributed by atoms with van der Waals surface area (Å²) in [6, 6.07) is 4.98. The van der Waals surface area contributed by atoms with E-state index < -0.39 is 0 Å². The molecular formula is C13H15BrFN3. The molecule has 0 aliphatic heterocycles. The highest BCUT2D eigenvalue weighted by Gasteiger charge is 2.09. The SMILES string of the molecule is CC(C)CNc1nccn1-c1ccc(Br)cc1F. The Labute approximate surface area is 114 Å². The van der Waals surface area contributed by atoms with Gasteiger partial charge in [0.2, 0.25) is 5.95 Å². The van der Waals surface area contributed by atoms with E-state index in [1.54, 1.807) is 23.0 Å². The van der Waals surface area contributed by atoms with Gasteiger partial charge < -0.3 is 5.32 Å². The smallest absolute Gasteiger partial charge is 0.207 e. The van der Waals surface area contributed by atoms with Crippen LogP contribution in [0.25, 0.3) is 5.69 Å². The molecule has 0 radical (unpaired) electrons. The van der Waals surface area contributed by atoms with Gasteiger partial charge in [-0.2, -0.15) is 0 Å². The van der Waals surface area contributed by atoms with Crippen LogP contribution >= 0.6 is 15.9 Å². The molecule has 0 saturated heterocycles. The van der Waals surface area contributed by atoms with Gasteiger partial charge in [0.1, 0.15) is 5.82 Å². The van der Waals surface area contributed by atoms with Gasteiger partial charge in [-0.3, -0.25) is 4.57 Å². The minimum atomic E-state index is -0.282. The summed E-state index contributed by atoms with van der Waals surface area (Å²) < 4.78 is 16.3. The van der Waals surface area contributed by atoms with E-state index in [1.807, 2.05) is 6.07 Å². The Morgan fingerprint density at radius 1 is 1.44 bits per heavy atom. The lowest BCUT2D eigenvalue weighted by atomic mass is 10.2. The third-order valence-corrected chi connectivity index (χ3v) is 2.97. The third kappa shape index (κ3) is 2.90. The van der Waals surface area contributed by atoms with Gasteiger partial charge in [-0.1, -0.05) is 29.8 Å². The second-order valence-corrected chi connectivity index (χ2v) is 5.41. The maximum atomic E-state index is 13.9. The van der Waals surface area contributed by atoms with Crippen LogP contribution in [0, 0.1) is 11.7 Å². The number of rotatable bonds is 4. The van der Waals surface area contributed by atoms with E-state index in [-0.39, 0.29) is 5.82 Å². The molecule has 0 fully saturated rings. The molecule has 18 heavy (non-hydrogen) atoms. The number of anilines is 1. The van der Waals surface area contributed by atoms with E-state index in [2.05, 4.69) is 40.1 Å². The molecule has 5 heteroatoms. The molecule has 1 heterocycles. The molecule has 0 atom stereocenters. The number of imidazole rings is 1. The van der Waals surface area contributed by atoms with Gasteiger partial charge >= 0.3 is 0 Å². The van der Waals surface area contributed by atoms with E-state index in [1.165, 1.54) is 6.07 Å². The number of aromatic nitrogens is 2. The fraction of sp³-hybridized carbons (Fsp3) is 0.308. The minimum absolute atomic E-state index is 0.282. The van der Waals surface area contributed by atoms with E-state index in [0.29, 0.717) is 17.6 Å². The first-order valence-electron chi connectivity index (χ1n) is 5.80. The molecule has 0 aliphatic rings. The Morgan fingerprint density at radius 3 is 2.89 bits per heavy atom. The summed E-state index contributed by atoms with van der Waals surface area (Å²) in [5, 5.41) is 3.21. The van der Waals surface area contributed by atoms with Crippen LogP contribution in [-0.4, -0.2) is 16.1 Å². The summed E-state index contributed by atoms with van der Waals surface area (Å²) >= 11 is 3.25. The first kappa shape index (κ1) is 13.1. The minimum Gasteiger partial charge on any atom is -0.355 e. The van der Waals surface area contributed by atoms with Crippen molar-refractivity contribution in [2.24, 2.45) is 5.92 Å². The van der Waals surface area contributed by atoms with Crippen LogP contribution in [0.2, 0.25) is 0 Å². The predicted molar refractivity (Wildman–Crippen MR) is 74.5 cm³/mol. The van der Waals surface area contributed by atoms with Gasteiger partial charge in [-0.15, -0.1) is 0 Å². The lowest BCUT2D eigenvalue weighted by Gasteiger charge is -2.12. The Kier molecular flexibility index (Phi) is 4.01. The first-order chi connectivity index (χ1) is 8.58. The van der Waals surface area contributed by atoms with E-state index in [9.17, 15) is 4.39 Å². The summed E-state index contributed by atoms with van der Waals surface area (Å²) in [6.45, 7) is 5.02. The third-order valence-electron chi connectivity index (χ3n) is 2.48. The number of hydrogen-bond donors (Lipinski definition) is 1. The molecule has 2 rings (SSSR count). The number of nitrogens with zero attached hydrogens (tertiary/aromatic N) is 2. The van der Waals surface area contributed by atoms with Gasteiger partial charge in [-0.25, -0.2) is 9.37 Å². The van der Waals surface area contributed by atoms with Crippen LogP contribution in [-0.2, 0) is 0 Å². The standard InChI is InChI=1S/C13H15BrFN3/c1-9(2)8-17-13-16-5-6-18(13)12-4-3-10(14)7-11(12)15/h3-7,9H,8H2,1-2H3,(H,16,17). The Hall–Kier alpha value is -1.36. The quantitative estimate of drug-likeness (QED) is 0.929. The van der Waals surface area contributed by atoms with Crippen LogP contribution in [0.3, 0.4) is 0 Å². The van der Waals surface area contributed by atoms with Crippen molar-refractivity contribution in [1.82, 2.24) is 9.55 Å². The van der Waals surface area contributed by atoms with Crippen molar-refractivity contribution in [3.8, 4) is 5.69 Å². The van der Waals surface area contributed by atoms with Crippen LogP contribution in [0.5, 0.6) is 0 Å². The van der Waals surface area contributed by atoms with Crippen molar-refractivity contribution >= 4 is 21.9 Å². The summed E-state index contributed by atoms with van der Waals surface area (Å²) in [7, 11) is 0. The van der Waals surface area contributed by atoms with Gasteiger partial charge in [0, 0.05) is 23.4 Å². The largest absolute Gasteiger partial charge is 0.355 e. The summed E-state index contributed by atoms with van der Waals surface area (Å²) in [4.78, 5) is 4.20. The van der Waals surface area contributed by atoms with Crippen molar-refractivity contribution in [2.75, 3.05) is 11.9 Å². The normalized spacial score (nSPS) is 10.9. The highest BCUT2D eigenvalue weighted by atomic mass is 79.9. The monoisotopic (exact) mass is 311 g/mol. The molecule has 0 unspecified atom stereocenters. The fourth-order valence-corrected chi connectivity index (χ4v) is 1.93. The molecule has 0 bridgehead atoms. The number of nitrogens with one attached hydrogen (secondary N) is 1. The highest BCUT2D eigenvalue weighted by Crippen LogP contribution is 2.21. The summed E-state index contributed by atoms with van der Waals surface area (Å²) in [5.41, 5.74) is 0.488. The summed E-state index contributed by atoms with van der Waals surface area (Å²) in [5.74, 6) is 0.879. The molecule has 0 amide bonds. The molecule has 0 saturated carbocycles. The van der Waals surface area contributed by atoms with Crippen LogP contribution in [0.4, 0.5) is 10.3 Å². The molecular weight excluding hydrogens is 297 g/mol. The van der Waals surface area contributed by atoms with Gasteiger partial charge in [0.25, 0.3) is 0 Å². The van der Waals surface area contributed by atoms with Gasteiger partial charge in [-0.05, 0) is 24.1 Å². The lowest BCUT2D eigenvalue weighted by Crippen LogP contribution is -2.12. The Bertz CT molecular complexity index is 537. The van der Waals surface area contributed by atoms with Crippen molar-refractivity contribution in [1.29, 1.82) is 0 Å². The first-order valence-corrected chi connectivity index (χ1v) is 6.60. The summed E-state index contributed by atoms with van der Waals surface area (Å²) in [6.07, 6.45) is 3.40. The number of hydrogen-bond acceptors (Lipinski definition) is 2. The number of benzene rings is 1. The van der Waals surface area contributed by atoms with Crippen molar-refractivity contribution < 1.29 is 4.39 Å². The van der Waals surface area contributed by atoms with Crippen LogP contribution in [0.1, 0.15) is 13.8 Å². The van der Waals surface area contributed by atoms with E-state index in [0.717, 1.165) is 11.0 Å². The van der Waals surface area contributed by atoms with Crippen molar-refractivity contribution in [2.45, 2.75) is 13.8 Å². The van der Waals surface area contributed by atoms with Gasteiger partial charge in [0.05, 0.1) is 5.69 Å². The highest BCUT2D eigenvalue weighted by molar-refractivity contribution is 9.10. The molecule has 3 nitrogen and oxygen atoms in total. The van der Waals surface area contributed by atoms with Gasteiger partial charge in [0.15, 0.2) is 0 Å². The maximum absolute atomic E-state index is 13.9. The molecule has 0 spiro atoms. The molecule has 0 aliphatic carbocycles. The zero-order chi connectivity index (χ0) is 13.1. The Balaban J connectivity index is 2.30. The molecule has 96 valence electrons. The fourth-order valence-electron chi connectivity index (χ4n) is 1.60. The van der Waals surface area contributed by atoms with Crippen molar-refractivity contribution in [3.05, 3.63) is 40.9 Å². The lowest BCUT2D eigenvalue weighted by molar-refractivity contribution is 0.617. The second kappa shape index (κ2) is 5.52. The average molecular weight is 312 g/mol. The predicted octanol–water partition coefficient (Wildman–Crippen LogP) is 3.84. The molecule has 1 aromatic heterocycles. The zero-order valence-electron chi connectivity index (χ0n) is 10.3. The Morgan fingerprint density at radius 2 is 2.22 bits per heavy atom. The molecule has 1 N–H and O–H groups in total. The van der Waals surface area contributed by atoms with Crippen LogP contribution in [0.15, 0.2) is 35.1 Å². The number of halogens is 2. The van der Waals surface area contributed by atoms with Crippen LogP contribution < -0.4 is 5.32 Å². The molecule has 2 aromatic rings. The van der Waals surface area contributed by atoms with E-state index in [4.69, 9.17) is 0 Å². The topological polar surface area (TPSA) is 29.9 Å². The van der Waals surface area contributed by atoms with Crippen molar-refractivity contribution in [3.63, 3.8) is 0 Å². The second-order valence-electron chi connectivity index (χ2n) is 4.49. The zero-order valence-corrected chi connectivity index (χ0v) is 11.9. The average Bonchev–Trinajstić information content (AvgIpc) is 2.74. The van der Waals surface area contributed by atoms with E-state index >= 15 is 0 Å². The molecule has 1 aromatic carbocycles.